The fraction of sp³-hybridized carbons (Fsp3) is 0.294. The van der Waals surface area contributed by atoms with E-state index in [1.807, 2.05) is 0 Å². The molecule has 1 nitrogen and oxygen atoms in total. The fourth-order valence-electron chi connectivity index (χ4n) is 2.54. The molecule has 2 aromatic rings. The Morgan fingerprint density at radius 1 is 1.06 bits per heavy atom. The standard InChI is InChI=1S/C17H18O/c1-3-12(2)18-17-10-6-9-15-14-8-5-4-7-13(14)11-16(15)17/h4-10,12H,3,11H2,1-2H3. The summed E-state index contributed by atoms with van der Waals surface area (Å²) in [7, 11) is 0. The van der Waals surface area contributed by atoms with Crippen molar-refractivity contribution in [3.05, 3.63) is 53.6 Å². The van der Waals surface area contributed by atoms with Gasteiger partial charge in [0.2, 0.25) is 0 Å². The first-order valence-electron chi connectivity index (χ1n) is 6.66. The van der Waals surface area contributed by atoms with Gasteiger partial charge in [-0.2, -0.15) is 0 Å². The number of ether oxygens (including phenoxy) is 1. The highest BCUT2D eigenvalue weighted by molar-refractivity contribution is 5.78. The number of benzene rings is 2. The van der Waals surface area contributed by atoms with E-state index in [2.05, 4.69) is 56.3 Å². The van der Waals surface area contributed by atoms with E-state index in [4.69, 9.17) is 4.74 Å². The maximum atomic E-state index is 6.04. The van der Waals surface area contributed by atoms with Gasteiger partial charge in [0.05, 0.1) is 6.10 Å². The van der Waals surface area contributed by atoms with Crippen LogP contribution in [0.2, 0.25) is 0 Å². The lowest BCUT2D eigenvalue weighted by Gasteiger charge is -2.15. The van der Waals surface area contributed by atoms with Crippen molar-refractivity contribution in [2.45, 2.75) is 32.8 Å². The molecule has 1 atom stereocenters. The van der Waals surface area contributed by atoms with Crippen LogP contribution in [-0.4, -0.2) is 6.10 Å². The maximum absolute atomic E-state index is 6.04. The molecule has 3 rings (SSSR count). The van der Waals surface area contributed by atoms with E-state index in [9.17, 15) is 0 Å². The molecule has 1 aliphatic carbocycles. The summed E-state index contributed by atoms with van der Waals surface area (Å²) in [6.07, 6.45) is 2.31. The highest BCUT2D eigenvalue weighted by Gasteiger charge is 2.21. The highest BCUT2D eigenvalue weighted by atomic mass is 16.5. The minimum absolute atomic E-state index is 0.278. The van der Waals surface area contributed by atoms with Gasteiger partial charge in [-0.15, -0.1) is 0 Å². The first-order valence-corrected chi connectivity index (χ1v) is 6.66. The Balaban J connectivity index is 2.03. The van der Waals surface area contributed by atoms with E-state index in [0.717, 1.165) is 18.6 Å². The van der Waals surface area contributed by atoms with Crippen molar-refractivity contribution in [1.29, 1.82) is 0 Å². The summed E-state index contributed by atoms with van der Waals surface area (Å²) in [6.45, 7) is 4.28. The normalized spacial score (nSPS) is 13.9. The van der Waals surface area contributed by atoms with E-state index < -0.39 is 0 Å². The number of hydrogen-bond acceptors (Lipinski definition) is 1. The van der Waals surface area contributed by atoms with Gasteiger partial charge in [-0.05, 0) is 36.1 Å². The summed E-state index contributed by atoms with van der Waals surface area (Å²) < 4.78 is 6.04. The number of hydrogen-bond donors (Lipinski definition) is 0. The molecule has 1 unspecified atom stereocenters. The molecule has 0 aromatic heterocycles. The van der Waals surface area contributed by atoms with E-state index in [-0.39, 0.29) is 6.10 Å². The number of fused-ring (bicyclic) bond motifs is 3. The Morgan fingerprint density at radius 2 is 1.83 bits per heavy atom. The molecule has 1 heteroatoms. The van der Waals surface area contributed by atoms with Crippen LogP contribution in [0.3, 0.4) is 0 Å². The minimum atomic E-state index is 0.278. The molecule has 0 N–H and O–H groups in total. The Labute approximate surface area is 108 Å². The van der Waals surface area contributed by atoms with Gasteiger partial charge < -0.3 is 4.74 Å². The topological polar surface area (TPSA) is 9.23 Å². The summed E-state index contributed by atoms with van der Waals surface area (Å²) in [6, 6.07) is 15.0. The van der Waals surface area contributed by atoms with Crippen molar-refractivity contribution in [2.24, 2.45) is 0 Å². The van der Waals surface area contributed by atoms with Crippen molar-refractivity contribution < 1.29 is 4.74 Å². The van der Waals surface area contributed by atoms with Gasteiger partial charge in [0.25, 0.3) is 0 Å². The van der Waals surface area contributed by atoms with E-state index >= 15 is 0 Å². The van der Waals surface area contributed by atoms with Gasteiger partial charge in [0, 0.05) is 12.0 Å². The molecule has 0 spiro atoms. The SMILES string of the molecule is CCC(C)Oc1cccc2c1Cc1ccccc1-2. The zero-order valence-electron chi connectivity index (χ0n) is 10.9. The lowest BCUT2D eigenvalue weighted by molar-refractivity contribution is 0.216. The first kappa shape index (κ1) is 11.3. The largest absolute Gasteiger partial charge is 0.490 e. The molecule has 0 amide bonds. The summed E-state index contributed by atoms with van der Waals surface area (Å²) in [4.78, 5) is 0. The first-order chi connectivity index (χ1) is 8.79. The van der Waals surface area contributed by atoms with Crippen LogP contribution < -0.4 is 4.74 Å². The van der Waals surface area contributed by atoms with Crippen LogP contribution in [0.4, 0.5) is 0 Å². The van der Waals surface area contributed by atoms with Crippen LogP contribution in [0.1, 0.15) is 31.4 Å². The molecule has 2 aromatic carbocycles. The molecule has 18 heavy (non-hydrogen) atoms. The summed E-state index contributed by atoms with van der Waals surface area (Å²) >= 11 is 0. The second-order valence-electron chi connectivity index (χ2n) is 4.95. The lowest BCUT2D eigenvalue weighted by Crippen LogP contribution is -2.10. The molecule has 0 fully saturated rings. The summed E-state index contributed by atoms with van der Waals surface area (Å²) in [5.41, 5.74) is 5.46. The van der Waals surface area contributed by atoms with Gasteiger partial charge in [0.15, 0.2) is 0 Å². The predicted octanol–water partition coefficient (Wildman–Crippen LogP) is 4.44. The molecule has 0 saturated carbocycles. The minimum Gasteiger partial charge on any atom is -0.490 e. The van der Waals surface area contributed by atoms with Gasteiger partial charge in [0.1, 0.15) is 5.75 Å². The Bertz CT molecular complexity index is 572. The molecule has 92 valence electrons. The zero-order chi connectivity index (χ0) is 12.5. The molecule has 1 aliphatic rings. The Morgan fingerprint density at radius 3 is 2.67 bits per heavy atom. The third-order valence-corrected chi connectivity index (χ3v) is 3.71. The second-order valence-corrected chi connectivity index (χ2v) is 4.95. The predicted molar refractivity (Wildman–Crippen MR) is 75.1 cm³/mol. The van der Waals surface area contributed by atoms with Crippen LogP contribution in [0, 0.1) is 0 Å². The van der Waals surface area contributed by atoms with Crippen molar-refractivity contribution in [3.8, 4) is 16.9 Å². The molecule has 0 heterocycles. The van der Waals surface area contributed by atoms with Crippen molar-refractivity contribution in [3.63, 3.8) is 0 Å². The van der Waals surface area contributed by atoms with Gasteiger partial charge in [-0.25, -0.2) is 0 Å². The van der Waals surface area contributed by atoms with Gasteiger partial charge in [-0.3, -0.25) is 0 Å². The van der Waals surface area contributed by atoms with Crippen LogP contribution in [-0.2, 0) is 6.42 Å². The van der Waals surface area contributed by atoms with E-state index in [1.54, 1.807) is 0 Å². The van der Waals surface area contributed by atoms with Crippen molar-refractivity contribution >= 4 is 0 Å². The number of rotatable bonds is 3. The van der Waals surface area contributed by atoms with E-state index in [0.29, 0.717) is 0 Å². The zero-order valence-corrected chi connectivity index (χ0v) is 10.9. The molecule has 0 bridgehead atoms. The average Bonchev–Trinajstić information content (AvgIpc) is 2.78. The Hall–Kier alpha value is -1.76. The summed E-state index contributed by atoms with van der Waals surface area (Å²) in [5.74, 6) is 1.05. The lowest BCUT2D eigenvalue weighted by atomic mass is 10.1. The summed E-state index contributed by atoms with van der Waals surface area (Å²) in [5, 5.41) is 0. The van der Waals surface area contributed by atoms with Crippen LogP contribution in [0.15, 0.2) is 42.5 Å². The van der Waals surface area contributed by atoms with Crippen LogP contribution in [0.5, 0.6) is 5.75 Å². The Kier molecular flexibility index (Phi) is 2.83. The average molecular weight is 238 g/mol. The van der Waals surface area contributed by atoms with Crippen LogP contribution >= 0.6 is 0 Å². The maximum Gasteiger partial charge on any atom is 0.123 e. The highest BCUT2D eigenvalue weighted by Crippen LogP contribution is 2.41. The molecule has 0 saturated heterocycles. The smallest absolute Gasteiger partial charge is 0.123 e. The second kappa shape index (κ2) is 4.49. The van der Waals surface area contributed by atoms with Crippen molar-refractivity contribution in [1.82, 2.24) is 0 Å². The van der Waals surface area contributed by atoms with Crippen LogP contribution in [0.25, 0.3) is 11.1 Å². The fourth-order valence-corrected chi connectivity index (χ4v) is 2.54. The third-order valence-electron chi connectivity index (χ3n) is 3.71. The molecule has 0 radical (unpaired) electrons. The third kappa shape index (κ3) is 1.80. The monoisotopic (exact) mass is 238 g/mol. The molecule has 0 aliphatic heterocycles. The molecular weight excluding hydrogens is 220 g/mol. The quantitative estimate of drug-likeness (QED) is 0.655. The van der Waals surface area contributed by atoms with E-state index in [1.165, 1.54) is 22.3 Å². The van der Waals surface area contributed by atoms with Crippen molar-refractivity contribution in [2.75, 3.05) is 0 Å². The molecular formula is C17H18O. The van der Waals surface area contributed by atoms with Gasteiger partial charge in [-0.1, -0.05) is 43.3 Å². The van der Waals surface area contributed by atoms with Gasteiger partial charge >= 0.3 is 0 Å².